The number of ether oxygens (including phenoxy) is 1. The Morgan fingerprint density at radius 2 is 2.05 bits per heavy atom. The Morgan fingerprint density at radius 3 is 2.68 bits per heavy atom. The molecule has 120 valence electrons. The maximum atomic E-state index is 12.0. The molecule has 0 unspecified atom stereocenters. The first kappa shape index (κ1) is 16.5. The van der Waals surface area contributed by atoms with Gasteiger partial charge in [-0.25, -0.2) is 0 Å². The third-order valence-electron chi connectivity index (χ3n) is 3.68. The third-order valence-corrected chi connectivity index (χ3v) is 3.68. The van der Waals surface area contributed by atoms with Crippen molar-refractivity contribution in [1.29, 1.82) is 0 Å². The van der Waals surface area contributed by atoms with Crippen LogP contribution in [0.4, 0.5) is 11.4 Å². The molecule has 0 aromatic heterocycles. The first-order valence-corrected chi connectivity index (χ1v) is 7.49. The van der Waals surface area contributed by atoms with Crippen molar-refractivity contribution < 1.29 is 14.3 Å². The smallest absolute Gasteiger partial charge is 0.225 e. The second-order valence-corrected chi connectivity index (χ2v) is 5.51. The Labute approximate surface area is 130 Å². The molecule has 1 aliphatic heterocycles. The molecule has 6 nitrogen and oxygen atoms in total. The van der Waals surface area contributed by atoms with E-state index in [2.05, 4.69) is 15.5 Å². The highest BCUT2D eigenvalue weighted by atomic mass is 16.5. The Kier molecular flexibility index (Phi) is 5.91. The third kappa shape index (κ3) is 5.13. The number of benzene rings is 1. The van der Waals surface area contributed by atoms with Crippen LogP contribution in [-0.4, -0.2) is 49.6 Å². The molecule has 1 aliphatic rings. The summed E-state index contributed by atoms with van der Waals surface area (Å²) in [6.07, 6.45) is 1.76. The van der Waals surface area contributed by atoms with Gasteiger partial charge in [0.15, 0.2) is 0 Å². The number of carbonyl (C=O) groups is 2. The summed E-state index contributed by atoms with van der Waals surface area (Å²) in [4.78, 5) is 25.3. The summed E-state index contributed by atoms with van der Waals surface area (Å²) in [6, 6.07) is 7.13. The average molecular weight is 305 g/mol. The van der Waals surface area contributed by atoms with Gasteiger partial charge in [0, 0.05) is 51.5 Å². The van der Waals surface area contributed by atoms with Crippen LogP contribution in [0.3, 0.4) is 0 Å². The van der Waals surface area contributed by atoms with Crippen molar-refractivity contribution in [3.05, 3.63) is 24.3 Å². The second-order valence-electron chi connectivity index (χ2n) is 5.51. The van der Waals surface area contributed by atoms with E-state index in [1.165, 1.54) is 6.92 Å². The molecule has 0 bridgehead atoms. The van der Waals surface area contributed by atoms with Gasteiger partial charge in [0.1, 0.15) is 0 Å². The quantitative estimate of drug-likeness (QED) is 0.839. The molecule has 0 saturated carbocycles. The van der Waals surface area contributed by atoms with Gasteiger partial charge in [-0.15, -0.1) is 0 Å². The number of hydrogen-bond donors (Lipinski definition) is 2. The van der Waals surface area contributed by atoms with Gasteiger partial charge in [-0.2, -0.15) is 0 Å². The molecule has 0 radical (unpaired) electrons. The zero-order valence-electron chi connectivity index (χ0n) is 13.1. The monoisotopic (exact) mass is 305 g/mol. The predicted molar refractivity (Wildman–Crippen MR) is 85.8 cm³/mol. The molecule has 1 fully saturated rings. The van der Waals surface area contributed by atoms with E-state index in [4.69, 9.17) is 4.74 Å². The molecular weight excluding hydrogens is 282 g/mol. The molecule has 1 aromatic rings. The minimum atomic E-state index is -0.134. The number of amides is 2. The van der Waals surface area contributed by atoms with Crippen molar-refractivity contribution in [1.82, 2.24) is 4.90 Å². The number of methoxy groups -OCH3 is 1. The minimum Gasteiger partial charge on any atom is -0.380 e. The van der Waals surface area contributed by atoms with Crippen molar-refractivity contribution >= 4 is 23.2 Å². The minimum absolute atomic E-state index is 0.0270. The Hall–Kier alpha value is -1.92. The van der Waals surface area contributed by atoms with Crippen molar-refractivity contribution in [2.45, 2.75) is 25.9 Å². The van der Waals surface area contributed by atoms with Gasteiger partial charge < -0.3 is 20.3 Å². The van der Waals surface area contributed by atoms with Crippen molar-refractivity contribution in [3.63, 3.8) is 0 Å². The molecule has 0 spiro atoms. The number of hydrogen-bond acceptors (Lipinski definition) is 4. The van der Waals surface area contributed by atoms with Crippen LogP contribution in [-0.2, 0) is 14.3 Å². The number of likely N-dealkylation sites (tertiary alicyclic amines) is 1. The number of carbonyl (C=O) groups excluding carboxylic acids is 2. The molecule has 2 rings (SSSR count). The van der Waals surface area contributed by atoms with Crippen LogP contribution >= 0.6 is 0 Å². The zero-order chi connectivity index (χ0) is 15.9. The summed E-state index contributed by atoms with van der Waals surface area (Å²) in [7, 11) is 1.73. The molecule has 1 saturated heterocycles. The first-order chi connectivity index (χ1) is 10.6. The molecule has 6 heteroatoms. The highest BCUT2D eigenvalue weighted by Gasteiger charge is 2.22. The predicted octanol–water partition coefficient (Wildman–Crippen LogP) is 1.69. The fourth-order valence-electron chi connectivity index (χ4n) is 2.55. The van der Waals surface area contributed by atoms with Gasteiger partial charge in [0.2, 0.25) is 11.8 Å². The van der Waals surface area contributed by atoms with Gasteiger partial charge in [-0.3, -0.25) is 9.59 Å². The van der Waals surface area contributed by atoms with Crippen LogP contribution in [0.5, 0.6) is 0 Å². The largest absolute Gasteiger partial charge is 0.380 e. The van der Waals surface area contributed by atoms with Crippen LogP contribution < -0.4 is 10.6 Å². The topological polar surface area (TPSA) is 70.7 Å². The summed E-state index contributed by atoms with van der Waals surface area (Å²) < 4.78 is 5.31. The number of nitrogens with zero attached hydrogens (tertiary/aromatic N) is 1. The number of nitrogens with one attached hydrogen (secondary N) is 2. The highest BCUT2D eigenvalue weighted by molar-refractivity contribution is 5.93. The lowest BCUT2D eigenvalue weighted by Crippen LogP contribution is -2.27. The van der Waals surface area contributed by atoms with Crippen LogP contribution in [0, 0.1) is 0 Å². The first-order valence-electron chi connectivity index (χ1n) is 7.49. The van der Waals surface area contributed by atoms with Gasteiger partial charge in [0.05, 0.1) is 6.10 Å². The molecule has 1 aromatic carbocycles. The van der Waals surface area contributed by atoms with E-state index in [-0.39, 0.29) is 17.9 Å². The van der Waals surface area contributed by atoms with Gasteiger partial charge in [-0.1, -0.05) is 6.07 Å². The van der Waals surface area contributed by atoms with E-state index < -0.39 is 0 Å². The average Bonchev–Trinajstić information content (AvgIpc) is 2.93. The summed E-state index contributed by atoms with van der Waals surface area (Å²) in [5.41, 5.74) is 1.36. The van der Waals surface area contributed by atoms with Crippen molar-refractivity contribution in [2.75, 3.05) is 37.4 Å². The van der Waals surface area contributed by atoms with Gasteiger partial charge >= 0.3 is 0 Å². The lowest BCUT2D eigenvalue weighted by Gasteiger charge is -2.15. The Morgan fingerprint density at radius 1 is 1.32 bits per heavy atom. The lowest BCUT2D eigenvalue weighted by molar-refractivity contribution is -0.116. The Bertz CT molecular complexity index is 533. The SMILES string of the molecule is CO[C@@H]1CCN(CCC(=O)Nc2cccc(NC(C)=O)c2)C1. The highest BCUT2D eigenvalue weighted by Crippen LogP contribution is 2.16. The molecule has 2 amide bonds. The molecule has 1 heterocycles. The normalized spacial score (nSPS) is 18.2. The van der Waals surface area contributed by atoms with E-state index >= 15 is 0 Å². The summed E-state index contributed by atoms with van der Waals surface area (Å²) >= 11 is 0. The van der Waals surface area contributed by atoms with E-state index in [0.29, 0.717) is 17.8 Å². The fraction of sp³-hybridized carbons (Fsp3) is 0.500. The zero-order valence-corrected chi connectivity index (χ0v) is 13.1. The van der Waals surface area contributed by atoms with Crippen molar-refractivity contribution in [2.24, 2.45) is 0 Å². The van der Waals surface area contributed by atoms with Crippen LogP contribution in [0.1, 0.15) is 19.8 Å². The summed E-state index contributed by atoms with van der Waals surface area (Å²) in [6.45, 7) is 4.05. The molecule has 2 N–H and O–H groups in total. The maximum Gasteiger partial charge on any atom is 0.225 e. The van der Waals surface area contributed by atoms with Crippen LogP contribution in [0.25, 0.3) is 0 Å². The number of rotatable bonds is 6. The standard InChI is InChI=1S/C16H23N3O3/c1-12(20)17-13-4-3-5-14(10-13)18-16(21)7-9-19-8-6-15(11-19)22-2/h3-5,10,15H,6-9,11H2,1-2H3,(H,17,20)(H,18,21)/t15-/m1/s1. The molecule has 0 aliphatic carbocycles. The van der Waals surface area contributed by atoms with E-state index in [1.807, 2.05) is 0 Å². The summed E-state index contributed by atoms with van der Waals surface area (Å²) in [5, 5.41) is 5.55. The maximum absolute atomic E-state index is 12.0. The van der Waals surface area contributed by atoms with E-state index in [0.717, 1.165) is 26.1 Å². The summed E-state index contributed by atoms with van der Waals surface area (Å²) in [5.74, 6) is -0.161. The van der Waals surface area contributed by atoms with Gasteiger partial charge in [0.25, 0.3) is 0 Å². The van der Waals surface area contributed by atoms with Crippen LogP contribution in [0.15, 0.2) is 24.3 Å². The number of anilines is 2. The molecule has 22 heavy (non-hydrogen) atoms. The van der Waals surface area contributed by atoms with E-state index in [1.54, 1.807) is 31.4 Å². The lowest BCUT2D eigenvalue weighted by atomic mass is 10.2. The van der Waals surface area contributed by atoms with E-state index in [9.17, 15) is 9.59 Å². The second kappa shape index (κ2) is 7.91. The van der Waals surface area contributed by atoms with Crippen LogP contribution in [0.2, 0.25) is 0 Å². The van der Waals surface area contributed by atoms with Gasteiger partial charge in [-0.05, 0) is 24.6 Å². The Balaban J connectivity index is 1.78. The molecule has 1 atom stereocenters. The fourth-order valence-corrected chi connectivity index (χ4v) is 2.55. The van der Waals surface area contributed by atoms with Crippen molar-refractivity contribution in [3.8, 4) is 0 Å². The molecular formula is C16H23N3O3.